The summed E-state index contributed by atoms with van der Waals surface area (Å²) >= 11 is 1.37. The summed E-state index contributed by atoms with van der Waals surface area (Å²) in [5.41, 5.74) is 0.645. The van der Waals surface area contributed by atoms with Gasteiger partial charge in [-0.05, 0) is 48.1 Å². The van der Waals surface area contributed by atoms with Crippen LogP contribution in [0.5, 0.6) is 0 Å². The highest BCUT2D eigenvalue weighted by atomic mass is 32.2. The first kappa shape index (κ1) is 20.0. The Hall–Kier alpha value is -2.34. The molecule has 3 aromatic rings. The lowest BCUT2D eigenvalue weighted by molar-refractivity contribution is -0.130. The van der Waals surface area contributed by atoms with Crippen molar-refractivity contribution >= 4 is 39.3 Å². The lowest BCUT2D eigenvalue weighted by Gasteiger charge is -2.35. The number of benzene rings is 2. The number of carbonyl (C=O) groups is 1. The Morgan fingerprint density at radius 2 is 1.79 bits per heavy atom. The normalized spacial score (nSPS) is 19.8. The van der Waals surface area contributed by atoms with Crippen LogP contribution in [-0.2, 0) is 11.3 Å². The van der Waals surface area contributed by atoms with Gasteiger partial charge in [0.1, 0.15) is 0 Å². The number of nitrogens with zero attached hydrogens (tertiary/aromatic N) is 3. The fourth-order valence-corrected chi connectivity index (χ4v) is 5.33. The van der Waals surface area contributed by atoms with E-state index in [9.17, 15) is 9.59 Å². The molecule has 1 fully saturated rings. The van der Waals surface area contributed by atoms with E-state index >= 15 is 0 Å². The first-order valence-corrected chi connectivity index (χ1v) is 11.3. The van der Waals surface area contributed by atoms with Crippen molar-refractivity contribution in [2.45, 2.75) is 38.9 Å². The maximum atomic E-state index is 13.1. The second-order valence-corrected chi connectivity index (χ2v) is 9.14. The van der Waals surface area contributed by atoms with Crippen molar-refractivity contribution in [1.82, 2.24) is 14.5 Å². The van der Waals surface area contributed by atoms with E-state index in [1.807, 2.05) is 48.2 Å². The third-order valence-electron chi connectivity index (χ3n) is 5.65. The fourth-order valence-electron chi connectivity index (χ4n) is 4.36. The number of fused-ring (bicyclic) bond motifs is 2. The van der Waals surface area contributed by atoms with E-state index in [4.69, 9.17) is 4.98 Å². The van der Waals surface area contributed by atoms with Crippen molar-refractivity contribution in [1.29, 1.82) is 0 Å². The first-order chi connectivity index (χ1) is 14.0. The fraction of sp³-hybridized carbons (Fsp3) is 0.435. The number of thioether (sulfide) groups is 1. The average molecular weight is 410 g/mol. The molecule has 2 aromatic carbocycles. The zero-order valence-corrected chi connectivity index (χ0v) is 18.0. The van der Waals surface area contributed by atoms with E-state index in [1.165, 1.54) is 18.2 Å². The molecule has 4 rings (SSSR count). The summed E-state index contributed by atoms with van der Waals surface area (Å²) in [4.78, 5) is 32.6. The lowest BCUT2D eigenvalue weighted by atomic mass is 9.92. The molecule has 0 radical (unpaired) electrons. The van der Waals surface area contributed by atoms with Gasteiger partial charge in [-0.3, -0.25) is 14.2 Å². The quantitative estimate of drug-likeness (QED) is 0.369. The van der Waals surface area contributed by atoms with Crippen LogP contribution in [0.1, 0.15) is 27.2 Å². The van der Waals surface area contributed by atoms with Gasteiger partial charge < -0.3 is 4.90 Å². The Bertz CT molecular complexity index is 1110. The van der Waals surface area contributed by atoms with Crippen LogP contribution in [0.3, 0.4) is 0 Å². The van der Waals surface area contributed by atoms with E-state index in [-0.39, 0.29) is 11.5 Å². The van der Waals surface area contributed by atoms with Crippen LogP contribution in [0.2, 0.25) is 0 Å². The van der Waals surface area contributed by atoms with Crippen LogP contribution in [-0.4, -0.2) is 39.2 Å². The van der Waals surface area contributed by atoms with Crippen molar-refractivity contribution in [2.75, 3.05) is 18.8 Å². The van der Waals surface area contributed by atoms with Gasteiger partial charge in [0, 0.05) is 19.6 Å². The van der Waals surface area contributed by atoms with Crippen LogP contribution >= 0.6 is 11.8 Å². The Balaban J connectivity index is 1.63. The second kappa shape index (κ2) is 8.19. The molecular weight excluding hydrogens is 382 g/mol. The van der Waals surface area contributed by atoms with Crippen LogP contribution in [0.4, 0.5) is 0 Å². The molecule has 5 nitrogen and oxygen atoms in total. The number of rotatable bonds is 4. The van der Waals surface area contributed by atoms with Crippen molar-refractivity contribution in [3.63, 3.8) is 0 Å². The minimum absolute atomic E-state index is 0.0431. The van der Waals surface area contributed by atoms with Gasteiger partial charge in [-0.2, -0.15) is 0 Å². The number of carbonyl (C=O) groups excluding carboxylic acids is 1. The number of likely N-dealkylation sites (tertiary alicyclic amines) is 1. The van der Waals surface area contributed by atoms with Gasteiger partial charge >= 0.3 is 0 Å². The summed E-state index contributed by atoms with van der Waals surface area (Å²) < 4.78 is 1.68. The Morgan fingerprint density at radius 3 is 2.45 bits per heavy atom. The number of hydrogen-bond donors (Lipinski definition) is 0. The number of amides is 1. The van der Waals surface area contributed by atoms with Gasteiger partial charge in [-0.25, -0.2) is 4.98 Å². The van der Waals surface area contributed by atoms with E-state index in [0.717, 1.165) is 23.9 Å². The number of piperidine rings is 1. The Morgan fingerprint density at radius 1 is 1.14 bits per heavy atom. The molecule has 152 valence electrons. The molecular formula is C23H27N3O2S. The van der Waals surface area contributed by atoms with Crippen molar-refractivity contribution in [3.05, 3.63) is 46.8 Å². The van der Waals surface area contributed by atoms with Crippen molar-refractivity contribution < 1.29 is 4.79 Å². The summed E-state index contributed by atoms with van der Waals surface area (Å²) in [6, 6.07) is 11.9. The summed E-state index contributed by atoms with van der Waals surface area (Å²) in [6.45, 7) is 8.52. The average Bonchev–Trinajstić information content (AvgIpc) is 2.70. The molecule has 1 saturated heterocycles. The smallest absolute Gasteiger partial charge is 0.262 e. The van der Waals surface area contributed by atoms with Crippen LogP contribution in [0.25, 0.3) is 21.7 Å². The highest BCUT2D eigenvalue weighted by Crippen LogP contribution is 2.25. The molecule has 0 spiro atoms. The van der Waals surface area contributed by atoms with Crippen LogP contribution in [0.15, 0.2) is 46.3 Å². The van der Waals surface area contributed by atoms with Gasteiger partial charge in [0.25, 0.3) is 5.56 Å². The zero-order valence-electron chi connectivity index (χ0n) is 17.2. The van der Waals surface area contributed by atoms with Crippen LogP contribution < -0.4 is 5.56 Å². The largest absolute Gasteiger partial charge is 0.341 e. The predicted molar refractivity (Wildman–Crippen MR) is 119 cm³/mol. The highest BCUT2D eigenvalue weighted by Gasteiger charge is 2.25. The molecule has 0 unspecified atom stereocenters. The molecule has 1 aromatic heterocycles. The molecule has 2 heterocycles. The number of aromatic nitrogens is 2. The van der Waals surface area contributed by atoms with Gasteiger partial charge in [-0.1, -0.05) is 49.9 Å². The molecule has 1 aliphatic heterocycles. The van der Waals surface area contributed by atoms with E-state index < -0.39 is 0 Å². The molecule has 0 saturated carbocycles. The summed E-state index contributed by atoms with van der Waals surface area (Å²) in [5.74, 6) is 1.51. The minimum Gasteiger partial charge on any atom is -0.341 e. The van der Waals surface area contributed by atoms with Gasteiger partial charge in [0.05, 0.1) is 16.7 Å². The summed E-state index contributed by atoms with van der Waals surface area (Å²) in [5, 5.41) is 3.33. The molecule has 0 aliphatic carbocycles. The molecule has 1 amide bonds. The van der Waals surface area contributed by atoms with E-state index in [2.05, 4.69) is 13.8 Å². The Kier molecular flexibility index (Phi) is 5.63. The highest BCUT2D eigenvalue weighted by molar-refractivity contribution is 7.99. The zero-order chi connectivity index (χ0) is 20.5. The van der Waals surface area contributed by atoms with Gasteiger partial charge in [0.2, 0.25) is 5.91 Å². The maximum absolute atomic E-state index is 13.1. The van der Waals surface area contributed by atoms with E-state index in [0.29, 0.717) is 40.2 Å². The third kappa shape index (κ3) is 4.04. The standard InChI is InChI=1S/C23H27N3O2S/c1-4-26-22(28)19-10-17-7-5-6-8-18(17)11-20(19)24-23(26)29-14-21(27)25-12-15(2)9-16(3)13-25/h5-8,10-11,15-16H,4,9,12-14H2,1-3H3/t15-,16+. The molecule has 2 atom stereocenters. The lowest BCUT2D eigenvalue weighted by Crippen LogP contribution is -2.43. The van der Waals surface area contributed by atoms with Crippen LogP contribution in [0, 0.1) is 11.8 Å². The summed E-state index contributed by atoms with van der Waals surface area (Å²) in [6.07, 6.45) is 1.17. The topological polar surface area (TPSA) is 55.2 Å². The summed E-state index contributed by atoms with van der Waals surface area (Å²) in [7, 11) is 0. The van der Waals surface area contributed by atoms with Crippen molar-refractivity contribution in [3.8, 4) is 0 Å². The first-order valence-electron chi connectivity index (χ1n) is 10.3. The molecule has 29 heavy (non-hydrogen) atoms. The number of hydrogen-bond acceptors (Lipinski definition) is 4. The predicted octanol–water partition coefficient (Wildman–Crippen LogP) is 4.17. The SMILES string of the molecule is CCn1c(SCC(=O)N2C[C@H](C)C[C@H](C)C2)nc2cc3ccccc3cc2c1=O. The monoisotopic (exact) mass is 409 g/mol. The molecule has 0 N–H and O–H groups in total. The van der Waals surface area contributed by atoms with Gasteiger partial charge in [0.15, 0.2) is 5.16 Å². The Labute approximate surface area is 175 Å². The third-order valence-corrected chi connectivity index (χ3v) is 6.61. The van der Waals surface area contributed by atoms with Gasteiger partial charge in [-0.15, -0.1) is 0 Å². The minimum atomic E-state index is -0.0431. The molecule has 1 aliphatic rings. The maximum Gasteiger partial charge on any atom is 0.262 e. The second-order valence-electron chi connectivity index (χ2n) is 8.19. The molecule has 0 bridgehead atoms. The molecule has 6 heteroatoms. The van der Waals surface area contributed by atoms with E-state index in [1.54, 1.807) is 4.57 Å². The van der Waals surface area contributed by atoms with Crippen molar-refractivity contribution in [2.24, 2.45) is 11.8 Å².